The molecule has 0 bridgehead atoms. The van der Waals surface area contributed by atoms with Crippen LogP contribution in [0.3, 0.4) is 0 Å². The minimum atomic E-state index is -0.0382. The van der Waals surface area contributed by atoms with E-state index in [1.54, 1.807) is 4.90 Å². The van der Waals surface area contributed by atoms with E-state index in [1.165, 1.54) is 0 Å². The largest absolute Gasteiger partial charge is 0.338 e. The van der Waals surface area contributed by atoms with Crippen LogP contribution in [-0.2, 0) is 16.0 Å². The molecule has 2 aromatic rings. The number of benzene rings is 1. The third kappa shape index (κ3) is 4.77. The van der Waals surface area contributed by atoms with Crippen molar-refractivity contribution in [3.63, 3.8) is 0 Å². The number of carbonyl (C=O) groups is 2. The van der Waals surface area contributed by atoms with E-state index >= 15 is 0 Å². The second-order valence-electron chi connectivity index (χ2n) is 7.44. The maximum atomic E-state index is 12.7. The molecule has 1 aliphatic rings. The molecule has 0 saturated carbocycles. The molecule has 0 radical (unpaired) electrons. The smallest absolute Gasteiger partial charge is 0.257 e. The zero-order valence-electron chi connectivity index (χ0n) is 16.9. The summed E-state index contributed by atoms with van der Waals surface area (Å²) in [4.78, 5) is 33.0. The van der Waals surface area contributed by atoms with Gasteiger partial charge in [0.05, 0.1) is 6.42 Å². The van der Waals surface area contributed by atoms with Gasteiger partial charge in [-0.1, -0.05) is 36.2 Å². The van der Waals surface area contributed by atoms with Crippen molar-refractivity contribution >= 4 is 11.8 Å². The van der Waals surface area contributed by atoms with Gasteiger partial charge < -0.3 is 14.3 Å². The number of aromatic nitrogens is 2. The Kier molecular flexibility index (Phi) is 6.44. The van der Waals surface area contributed by atoms with Crippen LogP contribution in [0.25, 0.3) is 11.5 Å². The Hall–Kier alpha value is -2.70. The predicted octanol–water partition coefficient (Wildman–Crippen LogP) is 2.84. The highest BCUT2D eigenvalue weighted by molar-refractivity contribution is 5.80. The summed E-state index contributed by atoms with van der Waals surface area (Å²) < 4.78 is 5.30. The van der Waals surface area contributed by atoms with Gasteiger partial charge in [0.2, 0.25) is 11.8 Å². The van der Waals surface area contributed by atoms with Gasteiger partial charge in [-0.05, 0) is 32.4 Å². The quantitative estimate of drug-likeness (QED) is 0.765. The Morgan fingerprint density at radius 1 is 1.18 bits per heavy atom. The third-order valence-corrected chi connectivity index (χ3v) is 5.12. The highest BCUT2D eigenvalue weighted by Crippen LogP contribution is 2.18. The van der Waals surface area contributed by atoms with E-state index in [2.05, 4.69) is 17.1 Å². The van der Waals surface area contributed by atoms with Gasteiger partial charge in [0, 0.05) is 37.7 Å². The molecule has 1 aromatic carbocycles. The fourth-order valence-electron chi connectivity index (χ4n) is 3.41. The lowest BCUT2D eigenvalue weighted by Gasteiger charge is -2.40. The van der Waals surface area contributed by atoms with Gasteiger partial charge in [-0.2, -0.15) is 4.98 Å². The number of hydrogen-bond acceptors (Lipinski definition) is 5. The van der Waals surface area contributed by atoms with Crippen LogP contribution in [0, 0.1) is 6.92 Å². The molecule has 7 heteroatoms. The van der Waals surface area contributed by atoms with E-state index < -0.39 is 0 Å². The zero-order chi connectivity index (χ0) is 20.1. The molecular weight excluding hydrogens is 356 g/mol. The number of piperazine rings is 1. The molecule has 2 amide bonds. The van der Waals surface area contributed by atoms with Gasteiger partial charge in [0.15, 0.2) is 5.82 Å². The van der Waals surface area contributed by atoms with E-state index in [0.29, 0.717) is 37.8 Å². The molecule has 3 rings (SSSR count). The number of hydrogen-bond donors (Lipinski definition) is 0. The van der Waals surface area contributed by atoms with E-state index in [-0.39, 0.29) is 24.3 Å². The molecule has 7 nitrogen and oxygen atoms in total. The van der Waals surface area contributed by atoms with Crippen molar-refractivity contribution in [2.45, 2.75) is 52.5 Å². The molecule has 1 fully saturated rings. The monoisotopic (exact) mass is 384 g/mol. The summed E-state index contributed by atoms with van der Waals surface area (Å²) in [5.74, 6) is 0.948. The Labute approximate surface area is 165 Å². The van der Waals surface area contributed by atoms with Crippen LogP contribution in [0.15, 0.2) is 28.8 Å². The summed E-state index contributed by atoms with van der Waals surface area (Å²) in [5, 5.41) is 3.95. The van der Waals surface area contributed by atoms with Crippen molar-refractivity contribution in [3.8, 4) is 11.5 Å². The normalized spacial score (nSPS) is 17.0. The van der Waals surface area contributed by atoms with Gasteiger partial charge in [0.25, 0.3) is 5.89 Å². The number of amides is 2. The topological polar surface area (TPSA) is 79.5 Å². The lowest BCUT2D eigenvalue weighted by molar-refractivity contribution is -0.142. The minimum Gasteiger partial charge on any atom is -0.338 e. The first-order valence-electron chi connectivity index (χ1n) is 9.94. The van der Waals surface area contributed by atoms with Gasteiger partial charge in [-0.25, -0.2) is 0 Å². The van der Waals surface area contributed by atoms with E-state index in [4.69, 9.17) is 4.52 Å². The van der Waals surface area contributed by atoms with Crippen LogP contribution in [0.4, 0.5) is 0 Å². The van der Waals surface area contributed by atoms with E-state index in [1.807, 2.05) is 43.0 Å². The van der Waals surface area contributed by atoms with Crippen molar-refractivity contribution < 1.29 is 14.1 Å². The molecule has 1 aromatic heterocycles. The molecule has 0 aliphatic carbocycles. The van der Waals surface area contributed by atoms with Gasteiger partial charge >= 0.3 is 0 Å². The molecule has 28 heavy (non-hydrogen) atoms. The molecule has 1 aliphatic heterocycles. The molecular formula is C21H28N4O3. The summed E-state index contributed by atoms with van der Waals surface area (Å²) >= 11 is 0. The fourth-order valence-corrected chi connectivity index (χ4v) is 3.41. The lowest BCUT2D eigenvalue weighted by atomic mass is 10.1. The molecule has 1 saturated heterocycles. The molecule has 0 N–H and O–H groups in total. The SMILES string of the molecule is CCCCC(=O)N1CCN(C(=O)Cc2noc(-c3ccc(C)cc3)n2)CC1C. The fraction of sp³-hybridized carbons (Fsp3) is 0.524. The first kappa shape index (κ1) is 20.0. The summed E-state index contributed by atoms with van der Waals surface area (Å²) in [6.45, 7) is 7.75. The summed E-state index contributed by atoms with van der Waals surface area (Å²) in [5.41, 5.74) is 1.99. The number of aryl methyl sites for hydroxylation is 1. The molecule has 0 spiro atoms. The van der Waals surface area contributed by atoms with E-state index in [0.717, 1.165) is 24.0 Å². The number of rotatable bonds is 6. The molecule has 2 heterocycles. The van der Waals surface area contributed by atoms with Crippen LogP contribution >= 0.6 is 0 Å². The molecule has 1 atom stereocenters. The Morgan fingerprint density at radius 3 is 2.61 bits per heavy atom. The number of unbranched alkanes of at least 4 members (excludes halogenated alkanes) is 1. The number of carbonyl (C=O) groups excluding carboxylic acids is 2. The first-order valence-corrected chi connectivity index (χ1v) is 9.94. The summed E-state index contributed by atoms with van der Waals surface area (Å²) in [6, 6.07) is 7.83. The maximum Gasteiger partial charge on any atom is 0.257 e. The Balaban J connectivity index is 1.56. The second kappa shape index (κ2) is 8.99. The van der Waals surface area contributed by atoms with Gasteiger partial charge in [-0.15, -0.1) is 0 Å². The minimum absolute atomic E-state index is 0.0236. The van der Waals surface area contributed by atoms with Crippen LogP contribution in [0.5, 0.6) is 0 Å². The van der Waals surface area contributed by atoms with Crippen LogP contribution in [-0.4, -0.2) is 57.4 Å². The predicted molar refractivity (Wildman–Crippen MR) is 105 cm³/mol. The Morgan fingerprint density at radius 2 is 1.93 bits per heavy atom. The van der Waals surface area contributed by atoms with Gasteiger partial charge in [0.1, 0.15) is 0 Å². The highest BCUT2D eigenvalue weighted by Gasteiger charge is 2.29. The highest BCUT2D eigenvalue weighted by atomic mass is 16.5. The standard InChI is InChI=1S/C21H28N4O3/c1-4-5-6-19(26)25-12-11-24(14-16(25)3)20(27)13-18-22-21(28-23-18)17-9-7-15(2)8-10-17/h7-10,16H,4-6,11-14H2,1-3H3. The van der Waals surface area contributed by atoms with Crippen LogP contribution < -0.4 is 0 Å². The van der Waals surface area contributed by atoms with Crippen molar-refractivity contribution in [3.05, 3.63) is 35.7 Å². The average Bonchev–Trinajstić information content (AvgIpc) is 3.15. The summed E-state index contributed by atoms with van der Waals surface area (Å²) in [6.07, 6.45) is 2.60. The maximum absolute atomic E-state index is 12.7. The van der Waals surface area contributed by atoms with Gasteiger partial charge in [-0.3, -0.25) is 9.59 Å². The van der Waals surface area contributed by atoms with Crippen LogP contribution in [0.1, 0.15) is 44.5 Å². The lowest BCUT2D eigenvalue weighted by Crippen LogP contribution is -2.55. The van der Waals surface area contributed by atoms with Crippen molar-refractivity contribution in [2.75, 3.05) is 19.6 Å². The first-order chi connectivity index (χ1) is 13.5. The van der Waals surface area contributed by atoms with E-state index in [9.17, 15) is 9.59 Å². The molecule has 150 valence electrons. The zero-order valence-corrected chi connectivity index (χ0v) is 16.9. The van der Waals surface area contributed by atoms with Crippen molar-refractivity contribution in [1.29, 1.82) is 0 Å². The van der Waals surface area contributed by atoms with Crippen LogP contribution in [0.2, 0.25) is 0 Å². The average molecular weight is 384 g/mol. The molecule has 1 unspecified atom stereocenters. The number of nitrogens with zero attached hydrogens (tertiary/aromatic N) is 4. The second-order valence-corrected chi connectivity index (χ2v) is 7.44. The van der Waals surface area contributed by atoms with Crippen molar-refractivity contribution in [1.82, 2.24) is 19.9 Å². The Bertz CT molecular complexity index is 815. The third-order valence-electron chi connectivity index (χ3n) is 5.12. The van der Waals surface area contributed by atoms with Crippen molar-refractivity contribution in [2.24, 2.45) is 0 Å². The summed E-state index contributed by atoms with van der Waals surface area (Å²) in [7, 11) is 0.